The third kappa shape index (κ3) is 21.8. The topological polar surface area (TPSA) is 311 Å². The maximum atomic E-state index is 13.0. The van der Waals surface area contributed by atoms with E-state index >= 15 is 0 Å². The number of nitrogens with zero attached hydrogens (tertiary/aromatic N) is 7. The zero-order valence-corrected chi connectivity index (χ0v) is 58.4. The Labute approximate surface area is 614 Å². The lowest BCUT2D eigenvalue weighted by molar-refractivity contribution is -0.275. The van der Waals surface area contributed by atoms with Gasteiger partial charge in [-0.05, 0) is 122 Å². The Morgan fingerprint density at radius 3 is 1.13 bits per heavy atom. The number of carbonyl (C=O) groups excluding carboxylic acids is 6. The van der Waals surface area contributed by atoms with Crippen molar-refractivity contribution in [2.75, 3.05) is 86.3 Å². The van der Waals surface area contributed by atoms with Gasteiger partial charge in [-0.1, -0.05) is 82.8 Å². The minimum absolute atomic E-state index is 0.0332. The quantitative estimate of drug-likeness (QED) is 0.0171. The first-order chi connectivity index (χ1) is 49.9. The van der Waals surface area contributed by atoms with Crippen molar-refractivity contribution in [1.82, 2.24) is 29.7 Å². The zero-order chi connectivity index (χ0) is 75.9. The predicted octanol–water partition coefficient (Wildman–Crippen LogP) is 14.8. The third-order valence-corrected chi connectivity index (χ3v) is 15.8. The van der Waals surface area contributed by atoms with Crippen LogP contribution < -0.4 is 46.1 Å². The fraction of sp³-hybridized carbons (Fsp3) is 0.155. The lowest BCUT2D eigenvalue weighted by Crippen LogP contribution is -2.42. The van der Waals surface area contributed by atoms with Gasteiger partial charge in [0.2, 0.25) is 0 Å². The number of aromatic nitrogens is 3. The molecule has 0 aliphatic carbocycles. The highest BCUT2D eigenvalue weighted by Crippen LogP contribution is 2.35. The standard InChI is InChI=1S/C24H19ClF3N5O3.C24H21ClF3N5O3.C23H19Cl2N5O3/c25-16-6-9-20(30-13-16)32-23(35)18-12-17(36-24(26,27)28)7-8-19(18)31-22(34)15-4-2-14(3-5-15)21(29)33-10-1-11-33;1-29-21(33(2)3)14-4-6-15(7-5-14)22(34)31-19-10-9-17(36-24(26,27)28)12-18(19)23(35)32-20-11-8-16(25)13-30-20;1-33-18-11-16(25)10-17(23(32)28-19-7-6-15(24)12-27-19)20(18)29-22(31)14-4-2-13(3-5-14)21(26)30-8-9-30/h2-9,12-13,29H,1,10-11H2,(H,31,34)(H,30,32,35);4-13H,1-3H3,(H,31,34)(H,30,32,35);2-7,10-12,26H,8-9H2,1H3,(H,29,31)(H,27,28,32). The SMILES string of the molecule is CN=C(c1ccc(C(=O)Nc2ccc(OC(F)(F)F)cc2C(=O)Nc2ccc(Cl)cn2)cc1)N(C)C.COc1cc(Cl)cc(C(=O)Nc2ccc(Cl)cn2)c1NC(=O)c1ccc(C(=N)N2CC2)cc1.N=C(c1ccc(C(=O)Nc2ccc(OC(F)(F)F)cc2C(=O)Nc2ccc(Cl)cn2)cc1)N1CCC1. The number of aliphatic imine (C=N–C) groups is 1. The van der Waals surface area contributed by atoms with Gasteiger partial charge in [0.1, 0.15) is 52.2 Å². The van der Waals surface area contributed by atoms with Crippen molar-refractivity contribution < 1.29 is 69.3 Å². The van der Waals surface area contributed by atoms with Gasteiger partial charge in [-0.3, -0.25) is 44.6 Å². The molecule has 34 heteroatoms. The van der Waals surface area contributed by atoms with Crippen LogP contribution in [0.2, 0.25) is 20.1 Å². The summed E-state index contributed by atoms with van der Waals surface area (Å²) in [5.41, 5.74) is 2.65. The molecule has 5 heterocycles. The fourth-order valence-electron chi connectivity index (χ4n) is 9.66. The fourth-order valence-corrected chi connectivity index (χ4v) is 10.2. The maximum Gasteiger partial charge on any atom is 0.573 e. The molecule has 2 aliphatic rings. The highest BCUT2D eigenvalue weighted by molar-refractivity contribution is 6.32. The molecule has 6 amide bonds. The number of pyridine rings is 3. The molecule has 0 saturated carbocycles. The number of carbonyl (C=O) groups is 6. The van der Waals surface area contributed by atoms with E-state index in [-0.39, 0.29) is 73.1 Å². The molecule has 2 aliphatic heterocycles. The molecule has 0 bridgehead atoms. The van der Waals surface area contributed by atoms with Crippen molar-refractivity contribution in [3.8, 4) is 17.2 Å². The molecular weight excluding hydrogens is 1460 g/mol. The number of rotatable bonds is 18. The molecule has 2 saturated heterocycles. The Kier molecular flexibility index (Phi) is 25.3. The van der Waals surface area contributed by atoms with Crippen LogP contribution in [0.1, 0.15) is 85.3 Å². The molecule has 11 rings (SSSR count). The maximum absolute atomic E-state index is 13.0. The van der Waals surface area contributed by atoms with E-state index in [1.165, 1.54) is 74.2 Å². The van der Waals surface area contributed by atoms with Crippen LogP contribution in [-0.2, 0) is 0 Å². The van der Waals surface area contributed by atoms with Crippen molar-refractivity contribution >= 4 is 134 Å². The summed E-state index contributed by atoms with van der Waals surface area (Å²) >= 11 is 23.6. The second-order valence-corrected chi connectivity index (χ2v) is 24.3. The van der Waals surface area contributed by atoms with Crippen molar-refractivity contribution in [3.63, 3.8) is 0 Å². The van der Waals surface area contributed by atoms with Crippen LogP contribution >= 0.6 is 46.4 Å². The van der Waals surface area contributed by atoms with Gasteiger partial charge in [0.25, 0.3) is 35.4 Å². The first kappa shape index (κ1) is 77.3. The average molecular weight is 1520 g/mol. The lowest BCUT2D eigenvalue weighted by atomic mass is 10.1. The highest BCUT2D eigenvalue weighted by Gasteiger charge is 2.34. The summed E-state index contributed by atoms with van der Waals surface area (Å²) < 4.78 is 89.6. The minimum Gasteiger partial charge on any atom is -0.494 e. The minimum atomic E-state index is -4.97. The van der Waals surface area contributed by atoms with Crippen LogP contribution in [0.15, 0.2) is 181 Å². The summed E-state index contributed by atoms with van der Waals surface area (Å²) in [5, 5.41) is 33.0. The number of alkyl halides is 6. The van der Waals surface area contributed by atoms with Crippen LogP contribution in [0.3, 0.4) is 0 Å². The van der Waals surface area contributed by atoms with E-state index in [1.54, 1.807) is 79.8 Å². The van der Waals surface area contributed by atoms with Crippen LogP contribution in [0.5, 0.6) is 17.2 Å². The smallest absolute Gasteiger partial charge is 0.494 e. The Morgan fingerprint density at radius 2 is 0.810 bits per heavy atom. The number of hydrogen-bond acceptors (Lipinski definition) is 15. The van der Waals surface area contributed by atoms with Crippen LogP contribution in [0.25, 0.3) is 0 Å². The Balaban J connectivity index is 0.000000183. The molecule has 542 valence electrons. The number of hydrogen-bond donors (Lipinski definition) is 8. The van der Waals surface area contributed by atoms with Gasteiger partial charge in [-0.15, -0.1) is 26.3 Å². The van der Waals surface area contributed by atoms with E-state index in [0.717, 1.165) is 80.1 Å². The second-order valence-electron chi connectivity index (χ2n) is 22.5. The van der Waals surface area contributed by atoms with E-state index in [2.05, 4.69) is 61.3 Å². The number of benzene rings is 6. The van der Waals surface area contributed by atoms with Gasteiger partial charge in [-0.25, -0.2) is 15.0 Å². The molecule has 0 unspecified atom stereocenters. The lowest BCUT2D eigenvalue weighted by Gasteiger charge is -2.33. The molecule has 6 aromatic carbocycles. The van der Waals surface area contributed by atoms with Crippen molar-refractivity contribution in [2.45, 2.75) is 19.1 Å². The van der Waals surface area contributed by atoms with Gasteiger partial charge in [0.05, 0.1) is 55.9 Å². The third-order valence-electron chi connectivity index (χ3n) is 14.9. The van der Waals surface area contributed by atoms with Gasteiger partial charge in [-0.2, -0.15) is 0 Å². The molecule has 105 heavy (non-hydrogen) atoms. The molecule has 24 nitrogen and oxygen atoms in total. The summed E-state index contributed by atoms with van der Waals surface area (Å²) in [5.74, 6) is -2.86. The van der Waals surface area contributed by atoms with Crippen molar-refractivity contribution in [2.24, 2.45) is 4.99 Å². The second kappa shape index (κ2) is 34.4. The van der Waals surface area contributed by atoms with Gasteiger partial charge in [0, 0.05) is 110 Å². The number of methoxy groups -OCH3 is 1. The van der Waals surface area contributed by atoms with Crippen LogP contribution in [-0.4, -0.2) is 150 Å². The molecule has 9 aromatic rings. The number of anilines is 6. The number of ether oxygens (including phenoxy) is 3. The molecule has 0 radical (unpaired) electrons. The first-order valence-electron chi connectivity index (χ1n) is 30.9. The van der Waals surface area contributed by atoms with E-state index in [1.807, 2.05) is 28.8 Å². The highest BCUT2D eigenvalue weighted by atomic mass is 35.5. The number of amidine groups is 3. The molecular formula is C71H59Cl4F6N15O9. The summed E-state index contributed by atoms with van der Waals surface area (Å²) in [6, 6.07) is 37.4. The number of amides is 6. The van der Waals surface area contributed by atoms with Crippen LogP contribution in [0, 0.1) is 10.8 Å². The summed E-state index contributed by atoms with van der Waals surface area (Å²) in [7, 11) is 6.73. The van der Waals surface area contributed by atoms with Crippen molar-refractivity contribution in [1.29, 1.82) is 10.8 Å². The molecule has 0 atom stereocenters. The summed E-state index contributed by atoms with van der Waals surface area (Å²) in [6.45, 7) is 3.36. The van der Waals surface area contributed by atoms with E-state index in [4.69, 9.17) is 62.0 Å². The van der Waals surface area contributed by atoms with Gasteiger partial charge < -0.3 is 60.8 Å². The first-order valence-corrected chi connectivity index (χ1v) is 32.4. The van der Waals surface area contributed by atoms with Gasteiger partial charge in [0.15, 0.2) is 0 Å². The number of nitrogens with one attached hydrogen (secondary N) is 8. The summed E-state index contributed by atoms with van der Waals surface area (Å²) in [4.78, 5) is 99.1. The zero-order valence-electron chi connectivity index (χ0n) is 55.4. The number of halogens is 10. The van der Waals surface area contributed by atoms with E-state index < -0.39 is 59.7 Å². The summed E-state index contributed by atoms with van der Waals surface area (Å²) in [6.07, 6.45) is -4.93. The monoisotopic (exact) mass is 1520 g/mol. The molecule has 3 aromatic heterocycles. The Bertz CT molecular complexity index is 4750. The predicted molar refractivity (Wildman–Crippen MR) is 387 cm³/mol. The van der Waals surface area contributed by atoms with Crippen molar-refractivity contribution in [3.05, 3.63) is 246 Å². The average Bonchev–Trinajstić information content (AvgIpc) is 1.09. The Morgan fingerprint density at radius 1 is 0.448 bits per heavy atom. The van der Waals surface area contributed by atoms with E-state index in [9.17, 15) is 55.1 Å². The Hall–Kier alpha value is -11.9. The number of likely N-dealkylation sites (tertiary alicyclic amines) is 1. The molecule has 0 spiro atoms. The van der Waals surface area contributed by atoms with E-state index in [0.29, 0.717) is 43.7 Å². The normalized spacial score (nSPS) is 12.2. The molecule has 8 N–H and O–H groups in total. The van der Waals surface area contributed by atoms with Gasteiger partial charge >= 0.3 is 12.7 Å². The van der Waals surface area contributed by atoms with Crippen LogP contribution in [0.4, 0.5) is 60.9 Å². The largest absolute Gasteiger partial charge is 0.573 e. The molecule has 2 fully saturated rings.